The van der Waals surface area contributed by atoms with Crippen LogP contribution in [0.2, 0.25) is 0 Å². The van der Waals surface area contributed by atoms with Crippen LogP contribution in [-0.4, -0.2) is 26.4 Å². The molecule has 158 valence electrons. The topological polar surface area (TPSA) is 69.0 Å². The Labute approximate surface area is 185 Å². The number of benzene rings is 3. The molecule has 4 rings (SSSR count). The molecule has 0 aliphatic carbocycles. The number of hydrogen-bond donors (Lipinski definition) is 1. The second-order valence-electron chi connectivity index (χ2n) is 6.96. The second-order valence-corrected chi connectivity index (χ2v) is 7.90. The molecule has 0 spiro atoms. The maximum absolute atomic E-state index is 12.2. The Hall–Kier alpha value is -3.32. The molecule has 1 amide bonds. The molecule has 0 fully saturated rings. The Bertz CT molecular complexity index is 1160. The molecule has 0 atom stereocenters. The molecule has 4 aromatic rings. The van der Waals surface area contributed by atoms with Crippen molar-refractivity contribution >= 4 is 28.4 Å². The predicted molar refractivity (Wildman–Crippen MR) is 123 cm³/mol. The fourth-order valence-corrected chi connectivity index (χ4v) is 4.14. The molecule has 0 aliphatic heterocycles. The summed E-state index contributed by atoms with van der Waals surface area (Å²) < 4.78 is 8.05. The molecule has 0 saturated carbocycles. The van der Waals surface area contributed by atoms with Crippen LogP contribution in [0.25, 0.3) is 10.8 Å². The Kier molecular flexibility index (Phi) is 6.84. The van der Waals surface area contributed by atoms with Gasteiger partial charge in [0.15, 0.2) is 11.0 Å². The van der Waals surface area contributed by atoms with Gasteiger partial charge >= 0.3 is 0 Å². The lowest BCUT2D eigenvalue weighted by Gasteiger charge is -2.11. The van der Waals surface area contributed by atoms with E-state index < -0.39 is 0 Å². The van der Waals surface area contributed by atoms with Gasteiger partial charge in [0.25, 0.3) is 0 Å². The maximum Gasteiger partial charge on any atom is 0.230 e. The number of nitrogens with one attached hydrogen (secondary N) is 1. The summed E-state index contributed by atoms with van der Waals surface area (Å²) in [7, 11) is 0. The van der Waals surface area contributed by atoms with Crippen molar-refractivity contribution in [2.75, 3.05) is 5.75 Å². The van der Waals surface area contributed by atoms with Gasteiger partial charge < -0.3 is 14.6 Å². The molecule has 0 radical (unpaired) electrons. The van der Waals surface area contributed by atoms with Crippen LogP contribution >= 0.6 is 11.8 Å². The molecular formula is C24H24N4O2S. The van der Waals surface area contributed by atoms with Gasteiger partial charge in [-0.2, -0.15) is 0 Å². The Morgan fingerprint density at radius 2 is 1.77 bits per heavy atom. The van der Waals surface area contributed by atoms with Crippen molar-refractivity contribution in [3.63, 3.8) is 0 Å². The molecule has 1 heterocycles. The van der Waals surface area contributed by atoms with Crippen molar-refractivity contribution in [2.45, 2.75) is 31.8 Å². The van der Waals surface area contributed by atoms with Crippen molar-refractivity contribution in [1.82, 2.24) is 20.1 Å². The molecule has 0 unspecified atom stereocenters. The van der Waals surface area contributed by atoms with Crippen molar-refractivity contribution in [3.05, 3.63) is 84.2 Å². The third-order valence-electron chi connectivity index (χ3n) is 4.88. The van der Waals surface area contributed by atoms with Crippen molar-refractivity contribution in [3.8, 4) is 5.75 Å². The van der Waals surface area contributed by atoms with E-state index in [0.29, 0.717) is 24.9 Å². The van der Waals surface area contributed by atoms with Crippen LogP contribution in [0.4, 0.5) is 0 Å². The highest BCUT2D eigenvalue weighted by Crippen LogP contribution is 2.26. The Balaban J connectivity index is 1.35. The first-order chi connectivity index (χ1) is 15.2. The zero-order chi connectivity index (χ0) is 21.5. The lowest BCUT2D eigenvalue weighted by molar-refractivity contribution is -0.118. The number of aromatic nitrogens is 3. The van der Waals surface area contributed by atoms with E-state index in [0.717, 1.165) is 27.9 Å². The Morgan fingerprint density at radius 3 is 2.61 bits per heavy atom. The summed E-state index contributed by atoms with van der Waals surface area (Å²) in [5, 5.41) is 14.4. The number of nitrogens with zero attached hydrogens (tertiary/aromatic N) is 3. The van der Waals surface area contributed by atoms with Gasteiger partial charge in [-0.25, -0.2) is 0 Å². The molecular weight excluding hydrogens is 408 g/mol. The molecule has 1 N–H and O–H groups in total. The first kappa shape index (κ1) is 20.9. The first-order valence-corrected chi connectivity index (χ1v) is 11.2. The average Bonchev–Trinajstić information content (AvgIpc) is 3.22. The van der Waals surface area contributed by atoms with Crippen molar-refractivity contribution in [1.29, 1.82) is 0 Å². The molecule has 6 nitrogen and oxygen atoms in total. The maximum atomic E-state index is 12.2. The smallest absolute Gasteiger partial charge is 0.230 e. The van der Waals surface area contributed by atoms with Crippen molar-refractivity contribution in [2.24, 2.45) is 0 Å². The Morgan fingerprint density at radius 1 is 1.00 bits per heavy atom. The van der Waals surface area contributed by atoms with Crippen LogP contribution in [0, 0.1) is 0 Å². The fourth-order valence-electron chi connectivity index (χ4n) is 3.29. The van der Waals surface area contributed by atoms with E-state index >= 15 is 0 Å². The minimum atomic E-state index is -0.0342. The van der Waals surface area contributed by atoms with Gasteiger partial charge in [-0.3, -0.25) is 4.79 Å². The molecule has 0 saturated heterocycles. The summed E-state index contributed by atoms with van der Waals surface area (Å²) in [6, 6.07) is 24.0. The zero-order valence-corrected chi connectivity index (χ0v) is 18.1. The average molecular weight is 433 g/mol. The van der Waals surface area contributed by atoms with Gasteiger partial charge in [-0.15, -0.1) is 10.2 Å². The standard InChI is InChI=1S/C24H24N4O2S/c1-2-28-22(16-30-21-14-8-12-19-11-6-7-13-20(19)21)26-27-24(28)31-17-23(29)25-15-18-9-4-3-5-10-18/h3-14H,2,15-17H2,1H3,(H,25,29). The summed E-state index contributed by atoms with van der Waals surface area (Å²) in [6.45, 7) is 3.57. The van der Waals surface area contributed by atoms with E-state index in [9.17, 15) is 4.79 Å². The summed E-state index contributed by atoms with van der Waals surface area (Å²) in [5.74, 6) is 1.81. The fraction of sp³-hybridized carbons (Fsp3) is 0.208. The highest BCUT2D eigenvalue weighted by Gasteiger charge is 2.14. The zero-order valence-electron chi connectivity index (χ0n) is 17.3. The number of rotatable bonds is 9. The van der Waals surface area contributed by atoms with Gasteiger partial charge in [0, 0.05) is 18.5 Å². The highest BCUT2D eigenvalue weighted by molar-refractivity contribution is 7.99. The monoisotopic (exact) mass is 432 g/mol. The molecule has 31 heavy (non-hydrogen) atoms. The lowest BCUT2D eigenvalue weighted by atomic mass is 10.1. The number of hydrogen-bond acceptors (Lipinski definition) is 5. The van der Waals surface area contributed by atoms with E-state index in [-0.39, 0.29) is 11.7 Å². The quantitative estimate of drug-likeness (QED) is 0.396. The molecule has 1 aromatic heterocycles. The van der Waals surface area contributed by atoms with Crippen LogP contribution in [0.5, 0.6) is 5.75 Å². The molecule has 3 aromatic carbocycles. The van der Waals surface area contributed by atoms with Crippen molar-refractivity contribution < 1.29 is 9.53 Å². The predicted octanol–water partition coefficient (Wildman–Crippen LogP) is 4.44. The SMILES string of the molecule is CCn1c(COc2cccc3ccccc23)nnc1SCC(=O)NCc1ccccc1. The lowest BCUT2D eigenvalue weighted by Crippen LogP contribution is -2.24. The van der Waals surface area contributed by atoms with E-state index in [1.165, 1.54) is 11.8 Å². The van der Waals surface area contributed by atoms with Crippen LogP contribution in [0.15, 0.2) is 78.0 Å². The van der Waals surface area contributed by atoms with E-state index in [1.54, 1.807) is 0 Å². The van der Waals surface area contributed by atoms with E-state index in [2.05, 4.69) is 27.6 Å². The summed E-state index contributed by atoms with van der Waals surface area (Å²) in [5.41, 5.74) is 1.07. The highest BCUT2D eigenvalue weighted by atomic mass is 32.2. The number of ether oxygens (including phenoxy) is 1. The van der Waals surface area contributed by atoms with Gasteiger partial charge in [-0.1, -0.05) is 78.5 Å². The van der Waals surface area contributed by atoms with Gasteiger partial charge in [-0.05, 0) is 23.9 Å². The third kappa shape index (κ3) is 5.24. The number of fused-ring (bicyclic) bond motifs is 1. The van der Waals surface area contributed by atoms with Gasteiger partial charge in [0.1, 0.15) is 12.4 Å². The van der Waals surface area contributed by atoms with Crippen LogP contribution < -0.4 is 10.1 Å². The largest absolute Gasteiger partial charge is 0.485 e. The number of amides is 1. The molecule has 0 aliphatic rings. The summed E-state index contributed by atoms with van der Waals surface area (Å²) in [4.78, 5) is 12.2. The summed E-state index contributed by atoms with van der Waals surface area (Å²) in [6.07, 6.45) is 0. The number of thioether (sulfide) groups is 1. The first-order valence-electron chi connectivity index (χ1n) is 10.2. The third-order valence-corrected chi connectivity index (χ3v) is 5.85. The minimum absolute atomic E-state index is 0.0342. The van der Waals surface area contributed by atoms with E-state index in [4.69, 9.17) is 4.74 Å². The normalized spacial score (nSPS) is 10.9. The minimum Gasteiger partial charge on any atom is -0.485 e. The molecule has 0 bridgehead atoms. The molecule has 7 heteroatoms. The van der Waals surface area contributed by atoms with E-state index in [1.807, 2.05) is 72.2 Å². The second kappa shape index (κ2) is 10.1. The number of carbonyl (C=O) groups excluding carboxylic acids is 1. The van der Waals surface area contributed by atoms with Crippen LogP contribution in [0.1, 0.15) is 18.3 Å². The van der Waals surface area contributed by atoms with Crippen LogP contribution in [-0.2, 0) is 24.5 Å². The van der Waals surface area contributed by atoms with Crippen LogP contribution in [0.3, 0.4) is 0 Å². The van der Waals surface area contributed by atoms with Gasteiger partial charge in [0.2, 0.25) is 5.91 Å². The number of carbonyl (C=O) groups is 1. The summed E-state index contributed by atoms with van der Waals surface area (Å²) >= 11 is 1.38. The van der Waals surface area contributed by atoms with Gasteiger partial charge in [0.05, 0.1) is 5.75 Å².